The molecule has 9 heteroatoms. The van der Waals surface area contributed by atoms with Crippen LogP contribution in [-0.2, 0) is 22.1 Å². The molecule has 0 saturated heterocycles. The number of fused-ring (bicyclic) bond motifs is 1. The molecule has 1 heterocycles. The van der Waals surface area contributed by atoms with E-state index in [9.17, 15) is 22.8 Å². The number of alkyl halides is 3. The number of halogens is 3. The fourth-order valence-corrected chi connectivity index (χ4v) is 5.78. The summed E-state index contributed by atoms with van der Waals surface area (Å²) >= 11 is 0. The summed E-state index contributed by atoms with van der Waals surface area (Å²) in [4.78, 5) is 26.5. The highest BCUT2D eigenvalue weighted by atomic mass is 19.4. The van der Waals surface area contributed by atoms with Gasteiger partial charge in [-0.3, -0.25) is 14.3 Å². The van der Waals surface area contributed by atoms with Gasteiger partial charge in [0.15, 0.2) is 5.69 Å². The molecule has 0 radical (unpaired) electrons. The van der Waals surface area contributed by atoms with Gasteiger partial charge >= 0.3 is 12.1 Å². The second kappa shape index (κ2) is 12.6. The highest BCUT2D eigenvalue weighted by molar-refractivity contribution is 6.06. The van der Waals surface area contributed by atoms with Crippen molar-refractivity contribution in [2.45, 2.75) is 77.2 Å². The van der Waals surface area contributed by atoms with E-state index >= 15 is 0 Å². The molecule has 226 valence electrons. The molecule has 1 aliphatic carbocycles. The highest BCUT2D eigenvalue weighted by Crippen LogP contribution is 2.32. The first kappa shape index (κ1) is 30.3. The van der Waals surface area contributed by atoms with Crippen LogP contribution in [0.2, 0.25) is 0 Å². The minimum absolute atomic E-state index is 0.00917. The first-order valence-corrected chi connectivity index (χ1v) is 14.7. The Morgan fingerprint density at radius 1 is 0.930 bits per heavy atom. The van der Waals surface area contributed by atoms with Crippen molar-refractivity contribution in [1.29, 1.82) is 0 Å². The SMILES string of the molecule is CC(C)n1nc(C(=O)NC2CCC(C(=O)O[C@@H](C)c3ccccc3)CC2)c2c(Cc3ccc(C(F)(F)F)cc3)cccc21. The number of carbonyl (C=O) groups excluding carboxylic acids is 2. The number of aromatic nitrogens is 2. The van der Waals surface area contributed by atoms with E-state index in [2.05, 4.69) is 10.4 Å². The number of rotatable bonds is 8. The Morgan fingerprint density at radius 2 is 1.60 bits per heavy atom. The Labute approximate surface area is 249 Å². The van der Waals surface area contributed by atoms with E-state index in [1.165, 1.54) is 12.1 Å². The molecule has 4 aromatic rings. The summed E-state index contributed by atoms with van der Waals surface area (Å²) in [6, 6.07) is 20.3. The van der Waals surface area contributed by atoms with Crippen molar-refractivity contribution in [3.63, 3.8) is 0 Å². The monoisotopic (exact) mass is 591 g/mol. The van der Waals surface area contributed by atoms with Crippen LogP contribution in [0.5, 0.6) is 0 Å². The van der Waals surface area contributed by atoms with Crippen LogP contribution >= 0.6 is 0 Å². The Balaban J connectivity index is 1.28. The molecule has 1 aliphatic rings. The zero-order valence-electron chi connectivity index (χ0n) is 24.5. The number of carbonyl (C=O) groups is 2. The second-order valence-electron chi connectivity index (χ2n) is 11.6. The second-order valence-corrected chi connectivity index (χ2v) is 11.6. The summed E-state index contributed by atoms with van der Waals surface area (Å²) in [6.07, 6.45) is -1.85. The maximum absolute atomic E-state index is 13.6. The third-order valence-corrected chi connectivity index (χ3v) is 8.16. The van der Waals surface area contributed by atoms with Crippen molar-refractivity contribution >= 4 is 22.8 Å². The first-order chi connectivity index (χ1) is 20.5. The van der Waals surface area contributed by atoms with Crippen LogP contribution in [0.15, 0.2) is 72.8 Å². The molecule has 43 heavy (non-hydrogen) atoms. The molecule has 0 aliphatic heterocycles. The van der Waals surface area contributed by atoms with E-state index in [0.29, 0.717) is 48.7 Å². The van der Waals surface area contributed by atoms with Crippen LogP contribution in [0, 0.1) is 5.92 Å². The zero-order chi connectivity index (χ0) is 30.7. The predicted molar refractivity (Wildman–Crippen MR) is 159 cm³/mol. The first-order valence-electron chi connectivity index (χ1n) is 14.7. The van der Waals surface area contributed by atoms with Gasteiger partial charge in [-0.1, -0.05) is 54.6 Å². The van der Waals surface area contributed by atoms with E-state index in [0.717, 1.165) is 28.8 Å². The summed E-state index contributed by atoms with van der Waals surface area (Å²) in [6.45, 7) is 5.83. The van der Waals surface area contributed by atoms with Gasteiger partial charge in [0.1, 0.15) is 6.10 Å². The van der Waals surface area contributed by atoms with Crippen LogP contribution in [0.25, 0.3) is 10.9 Å². The molecule has 1 N–H and O–H groups in total. The Bertz CT molecular complexity index is 1570. The van der Waals surface area contributed by atoms with Gasteiger partial charge in [-0.15, -0.1) is 0 Å². The summed E-state index contributed by atoms with van der Waals surface area (Å²) in [5.41, 5.74) is 2.86. The molecular formula is C34H36F3N3O3. The third kappa shape index (κ3) is 6.92. The molecule has 1 fully saturated rings. The molecule has 1 saturated carbocycles. The topological polar surface area (TPSA) is 73.2 Å². The number of hydrogen-bond donors (Lipinski definition) is 1. The fraction of sp³-hybridized carbons (Fsp3) is 0.382. The summed E-state index contributed by atoms with van der Waals surface area (Å²) in [7, 11) is 0. The lowest BCUT2D eigenvalue weighted by molar-refractivity contribution is -0.154. The number of nitrogens with zero attached hydrogens (tertiary/aromatic N) is 2. The standard InChI is InChI=1S/C34H36F3N3O3/c1-21(2)40-29-11-7-10-26(20-23-12-16-27(17-13-23)34(35,36)37)30(29)31(39-40)32(41)38-28-18-14-25(15-19-28)33(42)43-22(3)24-8-5-4-6-9-24/h4-13,16-17,21-22,25,28H,14-15,18-20H2,1-3H3,(H,38,41)/t22-,25?,28?/m0/s1. The lowest BCUT2D eigenvalue weighted by Gasteiger charge is -2.28. The van der Waals surface area contributed by atoms with Gasteiger partial charge in [-0.05, 0) is 87.8 Å². The van der Waals surface area contributed by atoms with E-state index in [1.807, 2.05) is 69.3 Å². The zero-order valence-corrected chi connectivity index (χ0v) is 24.5. The van der Waals surface area contributed by atoms with E-state index in [1.54, 1.807) is 4.68 Å². The molecule has 1 aromatic heterocycles. The predicted octanol–water partition coefficient (Wildman–Crippen LogP) is 7.82. The average Bonchev–Trinajstić information content (AvgIpc) is 3.39. The van der Waals surface area contributed by atoms with Crippen LogP contribution in [-0.4, -0.2) is 27.7 Å². The van der Waals surface area contributed by atoms with Crippen molar-refractivity contribution < 1.29 is 27.5 Å². The average molecular weight is 592 g/mol. The molecule has 1 amide bonds. The van der Waals surface area contributed by atoms with Crippen molar-refractivity contribution in [3.05, 3.63) is 101 Å². The van der Waals surface area contributed by atoms with E-state index in [-0.39, 0.29) is 36.0 Å². The van der Waals surface area contributed by atoms with Gasteiger partial charge in [0.25, 0.3) is 5.91 Å². The molecule has 6 nitrogen and oxygen atoms in total. The van der Waals surface area contributed by atoms with Gasteiger partial charge in [-0.2, -0.15) is 18.3 Å². The van der Waals surface area contributed by atoms with Gasteiger partial charge in [-0.25, -0.2) is 0 Å². The van der Waals surface area contributed by atoms with Crippen molar-refractivity contribution in [3.8, 4) is 0 Å². The van der Waals surface area contributed by atoms with Crippen molar-refractivity contribution in [2.24, 2.45) is 5.92 Å². The fourth-order valence-electron chi connectivity index (χ4n) is 5.78. The van der Waals surface area contributed by atoms with Gasteiger partial charge in [0, 0.05) is 17.5 Å². The molecule has 3 aromatic carbocycles. The van der Waals surface area contributed by atoms with Crippen LogP contribution in [0.1, 0.15) is 91.3 Å². The Hall–Kier alpha value is -4.14. The highest BCUT2D eigenvalue weighted by Gasteiger charge is 2.32. The van der Waals surface area contributed by atoms with Crippen molar-refractivity contribution in [1.82, 2.24) is 15.1 Å². The third-order valence-electron chi connectivity index (χ3n) is 8.16. The number of ether oxygens (including phenoxy) is 1. The lowest BCUT2D eigenvalue weighted by atomic mass is 9.86. The minimum atomic E-state index is -4.40. The molecule has 5 rings (SSSR count). The van der Waals surface area contributed by atoms with Crippen LogP contribution in [0.4, 0.5) is 13.2 Å². The van der Waals surface area contributed by atoms with Crippen LogP contribution < -0.4 is 5.32 Å². The summed E-state index contributed by atoms with van der Waals surface area (Å²) in [5.74, 6) is -0.723. The van der Waals surface area contributed by atoms with Gasteiger partial charge in [0.05, 0.1) is 17.0 Å². The lowest BCUT2D eigenvalue weighted by Crippen LogP contribution is -2.39. The summed E-state index contributed by atoms with van der Waals surface area (Å²) < 4.78 is 46.7. The maximum atomic E-state index is 13.6. The molecule has 0 spiro atoms. The quantitative estimate of drug-likeness (QED) is 0.212. The number of nitrogens with one attached hydrogen (secondary N) is 1. The summed E-state index contributed by atoms with van der Waals surface area (Å²) in [5, 5.41) is 8.51. The molecular weight excluding hydrogens is 555 g/mol. The van der Waals surface area contributed by atoms with Crippen molar-refractivity contribution in [2.75, 3.05) is 0 Å². The number of esters is 1. The number of benzene rings is 3. The maximum Gasteiger partial charge on any atom is 0.416 e. The number of amides is 1. The van der Waals surface area contributed by atoms with Gasteiger partial charge < -0.3 is 10.1 Å². The smallest absolute Gasteiger partial charge is 0.416 e. The Kier molecular flexibility index (Phi) is 8.89. The normalized spacial score (nSPS) is 18.0. The van der Waals surface area contributed by atoms with E-state index in [4.69, 9.17) is 4.74 Å². The number of hydrogen-bond acceptors (Lipinski definition) is 4. The van der Waals surface area contributed by atoms with Crippen LogP contribution in [0.3, 0.4) is 0 Å². The molecule has 0 unspecified atom stereocenters. The largest absolute Gasteiger partial charge is 0.458 e. The minimum Gasteiger partial charge on any atom is -0.458 e. The van der Waals surface area contributed by atoms with Gasteiger partial charge in [0.2, 0.25) is 0 Å². The molecule has 1 atom stereocenters. The molecule has 0 bridgehead atoms. The van der Waals surface area contributed by atoms with E-state index < -0.39 is 11.7 Å². The Morgan fingerprint density at radius 3 is 2.23 bits per heavy atom.